The highest BCUT2D eigenvalue weighted by Gasteiger charge is 1.98. The van der Waals surface area contributed by atoms with E-state index in [1.165, 1.54) is 0 Å². The number of benzene rings is 1. The van der Waals surface area contributed by atoms with Crippen molar-refractivity contribution in [3.8, 4) is 0 Å². The standard InChI is InChI=1S/C11H12Cl2/c1-8(9(2)12)6-10-4-3-5-11(13)7-10/h3-7,9H,1-2H3/b8-6+. The number of hydrogen-bond acceptors (Lipinski definition) is 0. The van der Waals surface area contributed by atoms with Crippen molar-refractivity contribution in [2.75, 3.05) is 0 Å². The number of alkyl halides is 1. The third kappa shape index (κ3) is 3.41. The van der Waals surface area contributed by atoms with Gasteiger partial charge in [-0.05, 0) is 31.5 Å². The first-order valence-corrected chi connectivity index (χ1v) is 4.99. The Morgan fingerprint density at radius 1 is 1.46 bits per heavy atom. The fourth-order valence-corrected chi connectivity index (χ4v) is 1.24. The van der Waals surface area contributed by atoms with E-state index in [0.717, 1.165) is 16.2 Å². The Labute approximate surface area is 89.2 Å². The van der Waals surface area contributed by atoms with E-state index in [-0.39, 0.29) is 5.38 Å². The predicted molar refractivity (Wildman–Crippen MR) is 60.4 cm³/mol. The maximum absolute atomic E-state index is 5.92. The third-order valence-corrected chi connectivity index (χ3v) is 2.45. The van der Waals surface area contributed by atoms with Gasteiger partial charge in [0.1, 0.15) is 0 Å². The molecule has 0 aliphatic heterocycles. The average molecular weight is 215 g/mol. The molecule has 0 aliphatic rings. The maximum atomic E-state index is 5.92. The van der Waals surface area contributed by atoms with Gasteiger partial charge in [0.15, 0.2) is 0 Å². The van der Waals surface area contributed by atoms with Crippen molar-refractivity contribution in [1.29, 1.82) is 0 Å². The molecule has 1 aromatic carbocycles. The zero-order valence-electron chi connectivity index (χ0n) is 7.72. The van der Waals surface area contributed by atoms with Crippen molar-refractivity contribution in [3.63, 3.8) is 0 Å². The van der Waals surface area contributed by atoms with E-state index in [1.807, 2.05) is 44.2 Å². The summed E-state index contributed by atoms with van der Waals surface area (Å²) in [5.41, 5.74) is 2.24. The molecule has 0 nitrogen and oxygen atoms in total. The lowest BCUT2D eigenvalue weighted by atomic mass is 10.1. The van der Waals surface area contributed by atoms with Gasteiger partial charge in [-0.3, -0.25) is 0 Å². The van der Waals surface area contributed by atoms with Gasteiger partial charge in [-0.1, -0.05) is 35.4 Å². The molecule has 0 radical (unpaired) electrons. The zero-order valence-corrected chi connectivity index (χ0v) is 9.23. The fraction of sp³-hybridized carbons (Fsp3) is 0.273. The summed E-state index contributed by atoms with van der Waals surface area (Å²) in [6, 6.07) is 7.72. The molecule has 0 spiro atoms. The van der Waals surface area contributed by atoms with E-state index in [4.69, 9.17) is 23.2 Å². The quantitative estimate of drug-likeness (QED) is 0.642. The van der Waals surface area contributed by atoms with Crippen LogP contribution in [0.5, 0.6) is 0 Å². The van der Waals surface area contributed by atoms with Crippen LogP contribution in [0.25, 0.3) is 6.08 Å². The molecule has 1 aromatic rings. The van der Waals surface area contributed by atoms with Crippen LogP contribution in [0.3, 0.4) is 0 Å². The number of hydrogen-bond donors (Lipinski definition) is 0. The molecule has 0 aliphatic carbocycles. The van der Waals surface area contributed by atoms with Crippen LogP contribution >= 0.6 is 23.2 Å². The Morgan fingerprint density at radius 3 is 2.69 bits per heavy atom. The van der Waals surface area contributed by atoms with Crippen LogP contribution in [0.1, 0.15) is 19.4 Å². The zero-order chi connectivity index (χ0) is 9.84. The van der Waals surface area contributed by atoms with E-state index >= 15 is 0 Å². The molecule has 0 bridgehead atoms. The second kappa shape index (κ2) is 4.69. The van der Waals surface area contributed by atoms with Crippen LogP contribution in [-0.4, -0.2) is 5.38 Å². The molecule has 70 valence electrons. The van der Waals surface area contributed by atoms with Crippen LogP contribution < -0.4 is 0 Å². The van der Waals surface area contributed by atoms with E-state index in [2.05, 4.69) is 0 Å². The van der Waals surface area contributed by atoms with Crippen molar-refractivity contribution in [2.24, 2.45) is 0 Å². The highest BCUT2D eigenvalue weighted by Crippen LogP contribution is 2.16. The lowest BCUT2D eigenvalue weighted by Gasteiger charge is -2.02. The van der Waals surface area contributed by atoms with Crippen molar-refractivity contribution in [1.82, 2.24) is 0 Å². The number of allylic oxidation sites excluding steroid dienone is 1. The van der Waals surface area contributed by atoms with Gasteiger partial charge in [-0.2, -0.15) is 0 Å². The van der Waals surface area contributed by atoms with Gasteiger partial charge in [0, 0.05) is 5.02 Å². The predicted octanol–water partition coefficient (Wildman–Crippen LogP) is 4.37. The lowest BCUT2D eigenvalue weighted by Crippen LogP contribution is -1.91. The minimum atomic E-state index is 0.0685. The van der Waals surface area contributed by atoms with Gasteiger partial charge < -0.3 is 0 Å². The van der Waals surface area contributed by atoms with Gasteiger partial charge in [-0.25, -0.2) is 0 Å². The Morgan fingerprint density at radius 2 is 2.15 bits per heavy atom. The Balaban J connectivity index is 2.91. The molecule has 0 N–H and O–H groups in total. The molecule has 0 aromatic heterocycles. The van der Waals surface area contributed by atoms with Gasteiger partial charge in [0.25, 0.3) is 0 Å². The van der Waals surface area contributed by atoms with Crippen LogP contribution in [0.2, 0.25) is 5.02 Å². The van der Waals surface area contributed by atoms with Gasteiger partial charge >= 0.3 is 0 Å². The molecule has 1 unspecified atom stereocenters. The molecule has 1 rings (SSSR count). The first-order chi connectivity index (χ1) is 6.09. The molecule has 0 heterocycles. The summed E-state index contributed by atoms with van der Waals surface area (Å²) in [4.78, 5) is 0. The SMILES string of the molecule is C/C(=C\c1cccc(Cl)c1)C(C)Cl. The molecule has 0 amide bonds. The summed E-state index contributed by atoms with van der Waals surface area (Å²) in [6.07, 6.45) is 2.05. The van der Waals surface area contributed by atoms with Gasteiger partial charge in [0.05, 0.1) is 5.38 Å². The summed E-state index contributed by atoms with van der Waals surface area (Å²) in [5.74, 6) is 0. The number of rotatable bonds is 2. The summed E-state index contributed by atoms with van der Waals surface area (Å²) >= 11 is 11.8. The van der Waals surface area contributed by atoms with E-state index in [0.29, 0.717) is 0 Å². The topological polar surface area (TPSA) is 0 Å². The highest BCUT2D eigenvalue weighted by atomic mass is 35.5. The Hall–Kier alpha value is -0.460. The average Bonchev–Trinajstić information content (AvgIpc) is 2.04. The molecule has 2 heteroatoms. The number of halogens is 2. The minimum absolute atomic E-state index is 0.0685. The van der Waals surface area contributed by atoms with Crippen LogP contribution in [0.15, 0.2) is 29.8 Å². The summed E-state index contributed by atoms with van der Waals surface area (Å²) in [5, 5.41) is 0.822. The first-order valence-electron chi connectivity index (χ1n) is 4.17. The smallest absolute Gasteiger partial charge is 0.0517 e. The van der Waals surface area contributed by atoms with Crippen molar-refractivity contribution >= 4 is 29.3 Å². The summed E-state index contributed by atoms with van der Waals surface area (Å²) < 4.78 is 0. The van der Waals surface area contributed by atoms with Crippen LogP contribution in [0, 0.1) is 0 Å². The van der Waals surface area contributed by atoms with Crippen molar-refractivity contribution in [3.05, 3.63) is 40.4 Å². The minimum Gasteiger partial charge on any atom is -0.118 e. The monoisotopic (exact) mass is 214 g/mol. The molecular formula is C11H12Cl2. The summed E-state index contributed by atoms with van der Waals surface area (Å²) in [6.45, 7) is 3.97. The van der Waals surface area contributed by atoms with E-state index in [1.54, 1.807) is 0 Å². The van der Waals surface area contributed by atoms with Gasteiger partial charge in [0.2, 0.25) is 0 Å². The van der Waals surface area contributed by atoms with E-state index in [9.17, 15) is 0 Å². The summed E-state index contributed by atoms with van der Waals surface area (Å²) in [7, 11) is 0. The molecule has 0 fully saturated rings. The normalized spacial score (nSPS) is 14.3. The van der Waals surface area contributed by atoms with Gasteiger partial charge in [-0.15, -0.1) is 11.6 Å². The van der Waals surface area contributed by atoms with Crippen LogP contribution in [-0.2, 0) is 0 Å². The molecular weight excluding hydrogens is 203 g/mol. The second-order valence-corrected chi connectivity index (χ2v) is 4.15. The molecule has 13 heavy (non-hydrogen) atoms. The largest absolute Gasteiger partial charge is 0.118 e. The van der Waals surface area contributed by atoms with E-state index < -0.39 is 0 Å². The van der Waals surface area contributed by atoms with Crippen LogP contribution in [0.4, 0.5) is 0 Å². The fourth-order valence-electron chi connectivity index (χ4n) is 0.974. The molecule has 0 saturated heterocycles. The lowest BCUT2D eigenvalue weighted by molar-refractivity contribution is 1.12. The van der Waals surface area contributed by atoms with Crippen molar-refractivity contribution in [2.45, 2.75) is 19.2 Å². The Kier molecular flexibility index (Phi) is 3.83. The third-order valence-electron chi connectivity index (χ3n) is 1.87. The first kappa shape index (κ1) is 10.6. The van der Waals surface area contributed by atoms with Crippen molar-refractivity contribution < 1.29 is 0 Å². The molecule has 0 saturated carbocycles. The maximum Gasteiger partial charge on any atom is 0.0517 e. The Bertz CT molecular complexity index is 314. The second-order valence-electron chi connectivity index (χ2n) is 3.06. The molecule has 1 atom stereocenters. The highest BCUT2D eigenvalue weighted by molar-refractivity contribution is 6.30.